The van der Waals surface area contributed by atoms with E-state index in [9.17, 15) is 0 Å². The van der Waals surface area contributed by atoms with E-state index < -0.39 is 0 Å². The fourth-order valence-corrected chi connectivity index (χ4v) is 3.09. The molecule has 4 heteroatoms. The highest BCUT2D eigenvalue weighted by atomic mass is 79.9. The van der Waals surface area contributed by atoms with Crippen LogP contribution in [-0.2, 0) is 12.5 Å². The molecule has 0 amide bonds. The topological polar surface area (TPSA) is 43.8 Å². The molecule has 1 aromatic heterocycles. The van der Waals surface area contributed by atoms with Gasteiger partial charge in [-0.25, -0.2) is 0 Å². The summed E-state index contributed by atoms with van der Waals surface area (Å²) in [5.41, 5.74) is 12.1. The molecule has 0 aliphatic heterocycles. The number of aryl methyl sites for hydroxylation is 3. The average Bonchev–Trinajstić information content (AvgIpc) is 2.53. The second kappa shape index (κ2) is 4.92. The van der Waals surface area contributed by atoms with E-state index in [1.807, 2.05) is 11.7 Å². The normalized spacial score (nSPS) is 11.9. The fourth-order valence-electron chi connectivity index (χ4n) is 2.56. The van der Waals surface area contributed by atoms with Crippen LogP contribution in [0.25, 0.3) is 11.3 Å². The first-order valence-electron chi connectivity index (χ1n) is 6.73. The number of hydrogen-bond acceptors (Lipinski definition) is 2. The van der Waals surface area contributed by atoms with Gasteiger partial charge >= 0.3 is 0 Å². The van der Waals surface area contributed by atoms with Gasteiger partial charge in [0.2, 0.25) is 0 Å². The fraction of sp³-hybridized carbons (Fsp3) is 0.438. The van der Waals surface area contributed by atoms with E-state index in [2.05, 4.69) is 67.8 Å². The third kappa shape index (κ3) is 2.49. The van der Waals surface area contributed by atoms with Gasteiger partial charge in [-0.05, 0) is 51.9 Å². The lowest BCUT2D eigenvalue weighted by Gasteiger charge is -2.22. The van der Waals surface area contributed by atoms with Crippen molar-refractivity contribution in [1.29, 1.82) is 0 Å². The lowest BCUT2D eigenvalue weighted by Crippen LogP contribution is -2.12. The molecular weight excluding hydrogens is 314 g/mol. The predicted molar refractivity (Wildman–Crippen MR) is 88.9 cm³/mol. The Kier molecular flexibility index (Phi) is 3.71. The number of nitrogen functional groups attached to an aromatic ring is 1. The molecule has 108 valence electrons. The number of anilines is 1. The average molecular weight is 336 g/mol. The van der Waals surface area contributed by atoms with Crippen LogP contribution >= 0.6 is 15.9 Å². The molecule has 0 atom stereocenters. The van der Waals surface area contributed by atoms with Crippen LogP contribution in [0.4, 0.5) is 5.82 Å². The highest BCUT2D eigenvalue weighted by Gasteiger charge is 2.21. The highest BCUT2D eigenvalue weighted by Crippen LogP contribution is 2.38. The molecular formula is C16H22BrN3. The van der Waals surface area contributed by atoms with Crippen LogP contribution in [-0.4, -0.2) is 9.78 Å². The third-order valence-electron chi connectivity index (χ3n) is 3.65. The van der Waals surface area contributed by atoms with Crippen LogP contribution in [0.15, 0.2) is 16.6 Å². The maximum atomic E-state index is 5.90. The number of halogens is 1. The van der Waals surface area contributed by atoms with Crippen molar-refractivity contribution in [3.63, 3.8) is 0 Å². The molecule has 0 spiro atoms. The second-order valence-electron chi connectivity index (χ2n) is 6.41. The summed E-state index contributed by atoms with van der Waals surface area (Å²) in [4.78, 5) is 0. The Morgan fingerprint density at radius 3 is 2.00 bits per heavy atom. The largest absolute Gasteiger partial charge is 0.381 e. The maximum absolute atomic E-state index is 5.90. The molecule has 0 saturated carbocycles. The van der Waals surface area contributed by atoms with Gasteiger partial charge in [-0.2, -0.15) is 5.10 Å². The molecule has 0 aliphatic rings. The summed E-state index contributed by atoms with van der Waals surface area (Å²) in [7, 11) is 1.92. The van der Waals surface area contributed by atoms with Gasteiger partial charge in [0.1, 0.15) is 0 Å². The van der Waals surface area contributed by atoms with Crippen molar-refractivity contribution in [3.8, 4) is 11.3 Å². The molecule has 0 radical (unpaired) electrons. The van der Waals surface area contributed by atoms with E-state index in [4.69, 9.17) is 5.73 Å². The summed E-state index contributed by atoms with van der Waals surface area (Å²) in [6.45, 7) is 11.0. The molecule has 2 rings (SSSR count). The molecule has 2 aromatic rings. The summed E-state index contributed by atoms with van der Waals surface area (Å²) < 4.78 is 2.71. The van der Waals surface area contributed by atoms with E-state index in [1.165, 1.54) is 22.3 Å². The SMILES string of the molecule is Cc1cc(C(C)(C)C)cc(C)c1-c1c(Br)c(N)nn1C. The number of nitrogens with zero attached hydrogens (tertiary/aromatic N) is 2. The van der Waals surface area contributed by atoms with Gasteiger partial charge in [-0.1, -0.05) is 32.9 Å². The lowest BCUT2D eigenvalue weighted by molar-refractivity contribution is 0.589. The Labute approximate surface area is 129 Å². The van der Waals surface area contributed by atoms with Crippen molar-refractivity contribution in [2.45, 2.75) is 40.0 Å². The van der Waals surface area contributed by atoms with Gasteiger partial charge in [0.25, 0.3) is 0 Å². The zero-order valence-corrected chi connectivity index (χ0v) is 14.6. The molecule has 0 unspecified atom stereocenters. The molecule has 0 aliphatic carbocycles. The number of benzene rings is 1. The van der Waals surface area contributed by atoms with Crippen LogP contribution in [0.2, 0.25) is 0 Å². The summed E-state index contributed by atoms with van der Waals surface area (Å²) >= 11 is 3.56. The van der Waals surface area contributed by atoms with Gasteiger partial charge in [-0.3, -0.25) is 4.68 Å². The summed E-state index contributed by atoms with van der Waals surface area (Å²) in [5.74, 6) is 0.529. The number of hydrogen-bond donors (Lipinski definition) is 1. The summed E-state index contributed by atoms with van der Waals surface area (Å²) in [6.07, 6.45) is 0. The Hall–Kier alpha value is -1.29. The zero-order chi connectivity index (χ0) is 15.2. The minimum absolute atomic E-state index is 0.150. The number of nitrogens with two attached hydrogens (primary N) is 1. The minimum atomic E-state index is 0.150. The van der Waals surface area contributed by atoms with Crippen molar-refractivity contribution in [2.75, 3.05) is 5.73 Å². The first-order chi connectivity index (χ1) is 9.12. The highest BCUT2D eigenvalue weighted by molar-refractivity contribution is 9.10. The van der Waals surface area contributed by atoms with Gasteiger partial charge < -0.3 is 5.73 Å². The molecule has 0 bridgehead atoms. The Balaban J connectivity index is 2.71. The first-order valence-corrected chi connectivity index (χ1v) is 7.52. The number of rotatable bonds is 1. The Morgan fingerprint density at radius 2 is 1.65 bits per heavy atom. The van der Waals surface area contributed by atoms with Crippen LogP contribution in [0.1, 0.15) is 37.5 Å². The van der Waals surface area contributed by atoms with E-state index in [0.29, 0.717) is 5.82 Å². The second-order valence-corrected chi connectivity index (χ2v) is 7.20. The monoisotopic (exact) mass is 335 g/mol. The molecule has 3 nitrogen and oxygen atoms in total. The maximum Gasteiger partial charge on any atom is 0.160 e. The van der Waals surface area contributed by atoms with E-state index in [-0.39, 0.29) is 5.41 Å². The van der Waals surface area contributed by atoms with Gasteiger partial charge in [0, 0.05) is 12.6 Å². The standard InChI is InChI=1S/C16H22BrN3/c1-9-7-11(16(3,4)5)8-10(2)12(9)14-13(17)15(18)19-20(14)6/h7-8H,1-6H3,(H2,18,19). The van der Waals surface area contributed by atoms with Crippen molar-refractivity contribution in [2.24, 2.45) is 7.05 Å². The predicted octanol–water partition coefficient (Wildman–Crippen LogP) is 4.35. The molecule has 1 heterocycles. The summed E-state index contributed by atoms with van der Waals surface area (Å²) in [5, 5.41) is 4.29. The van der Waals surface area contributed by atoms with Crippen LogP contribution in [0.5, 0.6) is 0 Å². The van der Waals surface area contributed by atoms with Crippen LogP contribution in [0, 0.1) is 13.8 Å². The smallest absolute Gasteiger partial charge is 0.160 e. The molecule has 0 fully saturated rings. The van der Waals surface area contributed by atoms with E-state index in [1.54, 1.807) is 0 Å². The van der Waals surface area contributed by atoms with E-state index >= 15 is 0 Å². The number of aromatic nitrogens is 2. The molecule has 2 N–H and O–H groups in total. The van der Waals surface area contributed by atoms with Crippen LogP contribution in [0.3, 0.4) is 0 Å². The molecule has 0 saturated heterocycles. The van der Waals surface area contributed by atoms with Crippen molar-refractivity contribution in [3.05, 3.63) is 33.3 Å². The minimum Gasteiger partial charge on any atom is -0.381 e. The molecule has 20 heavy (non-hydrogen) atoms. The van der Waals surface area contributed by atoms with Crippen LogP contribution < -0.4 is 5.73 Å². The first kappa shape index (κ1) is 15.1. The quantitative estimate of drug-likeness (QED) is 0.841. The molecule has 1 aromatic carbocycles. The van der Waals surface area contributed by atoms with Crippen molar-refractivity contribution >= 4 is 21.7 Å². The van der Waals surface area contributed by atoms with Gasteiger partial charge in [0.05, 0.1) is 10.2 Å². The Morgan fingerprint density at radius 1 is 1.15 bits per heavy atom. The van der Waals surface area contributed by atoms with Gasteiger partial charge in [-0.15, -0.1) is 0 Å². The summed E-state index contributed by atoms with van der Waals surface area (Å²) in [6, 6.07) is 4.52. The third-order valence-corrected chi connectivity index (χ3v) is 4.43. The van der Waals surface area contributed by atoms with E-state index in [0.717, 1.165) is 10.2 Å². The lowest BCUT2D eigenvalue weighted by atomic mass is 9.83. The van der Waals surface area contributed by atoms with Crippen molar-refractivity contribution < 1.29 is 0 Å². The van der Waals surface area contributed by atoms with Gasteiger partial charge in [0.15, 0.2) is 5.82 Å². The zero-order valence-electron chi connectivity index (χ0n) is 13.0. The van der Waals surface area contributed by atoms with Crippen molar-refractivity contribution in [1.82, 2.24) is 9.78 Å². The Bertz CT molecular complexity index is 640.